The van der Waals surface area contributed by atoms with Gasteiger partial charge in [0.15, 0.2) is 0 Å². The molecule has 5 rings (SSSR count). The summed E-state index contributed by atoms with van der Waals surface area (Å²) in [6.45, 7) is 2.02. The fourth-order valence-corrected chi connectivity index (χ4v) is 5.07. The van der Waals surface area contributed by atoms with E-state index in [1.54, 1.807) is 23.1 Å². The Morgan fingerprint density at radius 2 is 1.70 bits per heavy atom. The number of urea groups is 1. The number of para-hydroxylation sites is 1. The van der Waals surface area contributed by atoms with Gasteiger partial charge >= 0.3 is 6.03 Å². The summed E-state index contributed by atoms with van der Waals surface area (Å²) in [6, 6.07) is 12.7. The average Bonchev–Trinajstić information content (AvgIpc) is 3.21. The third-order valence-corrected chi connectivity index (χ3v) is 6.54. The number of nitrogens with one attached hydrogen (secondary N) is 1. The lowest BCUT2D eigenvalue weighted by molar-refractivity contribution is 0.0549. The number of imide groups is 1. The molecule has 6 heteroatoms. The molecule has 1 atom stereocenters. The molecule has 1 aliphatic carbocycles. The predicted molar refractivity (Wildman–Crippen MR) is 115 cm³/mol. The van der Waals surface area contributed by atoms with Crippen molar-refractivity contribution in [2.75, 3.05) is 10.2 Å². The molecule has 2 aromatic carbocycles. The highest BCUT2D eigenvalue weighted by atomic mass is 16.2. The Labute approximate surface area is 175 Å². The van der Waals surface area contributed by atoms with Crippen LogP contribution in [0, 0.1) is 0 Å². The van der Waals surface area contributed by atoms with Gasteiger partial charge in [-0.3, -0.25) is 19.4 Å². The summed E-state index contributed by atoms with van der Waals surface area (Å²) in [4.78, 5) is 42.0. The minimum absolute atomic E-state index is 0.00820. The molecule has 0 radical (unpaired) electrons. The van der Waals surface area contributed by atoms with Crippen LogP contribution in [0.2, 0.25) is 0 Å². The first kappa shape index (κ1) is 18.9. The van der Waals surface area contributed by atoms with Crippen LogP contribution in [0.3, 0.4) is 0 Å². The number of carbonyl (C=O) groups is 3. The van der Waals surface area contributed by atoms with Gasteiger partial charge in [-0.2, -0.15) is 0 Å². The SMILES string of the molecule is CC1Cc2ccccc2N1C(=O)Nc1ccc2c(c1)C(=O)N(C1CCCCC1)C2=O. The second kappa shape index (κ2) is 7.27. The number of hydrogen-bond donors (Lipinski definition) is 1. The lowest BCUT2D eigenvalue weighted by atomic mass is 9.94. The first-order chi connectivity index (χ1) is 14.5. The van der Waals surface area contributed by atoms with Crippen LogP contribution in [0.15, 0.2) is 42.5 Å². The van der Waals surface area contributed by atoms with E-state index >= 15 is 0 Å². The van der Waals surface area contributed by atoms with Crippen molar-refractivity contribution in [1.29, 1.82) is 0 Å². The van der Waals surface area contributed by atoms with E-state index in [4.69, 9.17) is 0 Å². The van der Waals surface area contributed by atoms with Crippen LogP contribution < -0.4 is 10.2 Å². The van der Waals surface area contributed by atoms with E-state index in [1.807, 2.05) is 31.2 Å². The van der Waals surface area contributed by atoms with E-state index in [2.05, 4.69) is 5.32 Å². The smallest absolute Gasteiger partial charge is 0.308 e. The predicted octanol–water partition coefficient (Wildman–Crippen LogP) is 4.60. The number of benzene rings is 2. The molecule has 2 aromatic rings. The van der Waals surface area contributed by atoms with Crippen molar-refractivity contribution in [2.24, 2.45) is 0 Å². The van der Waals surface area contributed by atoms with Gasteiger partial charge in [-0.25, -0.2) is 4.79 Å². The van der Waals surface area contributed by atoms with E-state index in [0.29, 0.717) is 16.8 Å². The molecule has 1 saturated carbocycles. The summed E-state index contributed by atoms with van der Waals surface area (Å²) < 4.78 is 0. The fraction of sp³-hybridized carbons (Fsp3) is 0.375. The zero-order valence-electron chi connectivity index (χ0n) is 17.1. The zero-order valence-corrected chi connectivity index (χ0v) is 17.1. The van der Waals surface area contributed by atoms with Crippen molar-refractivity contribution < 1.29 is 14.4 Å². The number of fused-ring (bicyclic) bond motifs is 2. The Balaban J connectivity index is 1.37. The zero-order chi connectivity index (χ0) is 20.8. The van der Waals surface area contributed by atoms with Crippen LogP contribution in [-0.2, 0) is 6.42 Å². The highest BCUT2D eigenvalue weighted by Crippen LogP contribution is 2.34. The van der Waals surface area contributed by atoms with Gasteiger partial charge < -0.3 is 5.32 Å². The Kier molecular flexibility index (Phi) is 4.57. The molecule has 0 aromatic heterocycles. The van der Waals surface area contributed by atoms with E-state index in [-0.39, 0.29) is 29.9 Å². The topological polar surface area (TPSA) is 69.7 Å². The van der Waals surface area contributed by atoms with Crippen LogP contribution in [0.25, 0.3) is 0 Å². The molecular weight excluding hydrogens is 378 g/mol. The van der Waals surface area contributed by atoms with E-state index in [9.17, 15) is 14.4 Å². The number of nitrogens with zero attached hydrogens (tertiary/aromatic N) is 2. The summed E-state index contributed by atoms with van der Waals surface area (Å²) >= 11 is 0. The second-order valence-corrected chi connectivity index (χ2v) is 8.51. The summed E-state index contributed by atoms with van der Waals surface area (Å²) in [7, 11) is 0. The van der Waals surface area contributed by atoms with Gasteiger partial charge in [0.1, 0.15) is 0 Å². The molecule has 2 aliphatic heterocycles. The minimum Gasteiger partial charge on any atom is -0.308 e. The summed E-state index contributed by atoms with van der Waals surface area (Å²) in [6.07, 6.45) is 5.83. The second-order valence-electron chi connectivity index (χ2n) is 8.51. The quantitative estimate of drug-likeness (QED) is 0.745. The van der Waals surface area contributed by atoms with Crippen molar-refractivity contribution in [1.82, 2.24) is 4.90 Å². The number of anilines is 2. The third kappa shape index (κ3) is 2.98. The number of hydrogen-bond acceptors (Lipinski definition) is 3. The third-order valence-electron chi connectivity index (χ3n) is 6.54. The van der Waals surface area contributed by atoms with Crippen molar-refractivity contribution in [3.05, 3.63) is 59.2 Å². The van der Waals surface area contributed by atoms with Gasteiger partial charge in [0.2, 0.25) is 0 Å². The van der Waals surface area contributed by atoms with Crippen molar-refractivity contribution in [3.8, 4) is 0 Å². The molecule has 154 valence electrons. The van der Waals surface area contributed by atoms with Crippen molar-refractivity contribution >= 4 is 29.2 Å². The first-order valence-electron chi connectivity index (χ1n) is 10.7. The highest BCUT2D eigenvalue weighted by Gasteiger charge is 2.40. The Bertz CT molecular complexity index is 1040. The van der Waals surface area contributed by atoms with Crippen molar-refractivity contribution in [3.63, 3.8) is 0 Å². The van der Waals surface area contributed by atoms with Gasteiger partial charge in [-0.05, 0) is 56.0 Å². The summed E-state index contributed by atoms with van der Waals surface area (Å²) in [5.41, 5.74) is 3.42. The van der Waals surface area contributed by atoms with Crippen LogP contribution in [0.1, 0.15) is 65.3 Å². The van der Waals surface area contributed by atoms with Gasteiger partial charge in [-0.15, -0.1) is 0 Å². The average molecular weight is 403 g/mol. The van der Waals surface area contributed by atoms with Gasteiger partial charge in [0.25, 0.3) is 11.8 Å². The monoisotopic (exact) mass is 403 g/mol. The molecule has 0 bridgehead atoms. The standard InChI is InChI=1S/C24H25N3O3/c1-15-13-16-7-5-6-10-21(16)26(15)24(30)25-17-11-12-19-20(14-17)23(29)27(22(19)28)18-8-3-2-4-9-18/h5-7,10-12,14-15,18H,2-4,8-9,13H2,1H3,(H,25,30). The van der Waals surface area contributed by atoms with Gasteiger partial charge in [0, 0.05) is 23.5 Å². The lowest BCUT2D eigenvalue weighted by Crippen LogP contribution is -2.40. The Morgan fingerprint density at radius 1 is 0.967 bits per heavy atom. The van der Waals surface area contributed by atoms with Crippen LogP contribution >= 0.6 is 0 Å². The van der Waals surface area contributed by atoms with Crippen LogP contribution in [0.4, 0.5) is 16.2 Å². The molecular formula is C24H25N3O3. The first-order valence-corrected chi connectivity index (χ1v) is 10.7. The molecule has 1 fully saturated rings. The minimum atomic E-state index is -0.238. The summed E-state index contributed by atoms with van der Waals surface area (Å²) in [5.74, 6) is -0.445. The van der Waals surface area contributed by atoms with Gasteiger partial charge in [-0.1, -0.05) is 37.5 Å². The molecule has 1 unspecified atom stereocenters. The molecule has 2 heterocycles. The maximum Gasteiger partial charge on any atom is 0.326 e. The number of amides is 4. The molecule has 4 amide bonds. The normalized spacial score (nSPS) is 21.0. The van der Waals surface area contributed by atoms with E-state index in [1.165, 1.54) is 4.90 Å². The molecule has 0 spiro atoms. The fourth-order valence-electron chi connectivity index (χ4n) is 5.07. The molecule has 1 N–H and O–H groups in total. The number of rotatable bonds is 2. The molecule has 0 saturated heterocycles. The Morgan fingerprint density at radius 3 is 2.50 bits per heavy atom. The van der Waals surface area contributed by atoms with Gasteiger partial charge in [0.05, 0.1) is 11.1 Å². The molecule has 30 heavy (non-hydrogen) atoms. The Hall–Kier alpha value is -3.15. The van der Waals surface area contributed by atoms with Crippen LogP contribution in [0.5, 0.6) is 0 Å². The van der Waals surface area contributed by atoms with Crippen LogP contribution in [-0.4, -0.2) is 34.8 Å². The highest BCUT2D eigenvalue weighted by molar-refractivity contribution is 6.22. The molecule has 6 nitrogen and oxygen atoms in total. The molecule has 3 aliphatic rings. The number of carbonyl (C=O) groups excluding carboxylic acids is 3. The van der Waals surface area contributed by atoms with Crippen molar-refractivity contribution in [2.45, 2.75) is 57.5 Å². The van der Waals surface area contributed by atoms with E-state index < -0.39 is 0 Å². The maximum absolute atomic E-state index is 13.0. The summed E-state index contributed by atoms with van der Waals surface area (Å²) in [5, 5.41) is 2.92. The largest absolute Gasteiger partial charge is 0.326 e. The lowest BCUT2D eigenvalue weighted by Gasteiger charge is -2.29. The maximum atomic E-state index is 13.0. The van der Waals surface area contributed by atoms with E-state index in [0.717, 1.165) is 49.8 Å².